The van der Waals surface area contributed by atoms with E-state index in [4.69, 9.17) is 12.2 Å². The maximum atomic E-state index is 12.6. The van der Waals surface area contributed by atoms with E-state index in [2.05, 4.69) is 20.8 Å². The van der Waals surface area contributed by atoms with Crippen molar-refractivity contribution in [3.8, 4) is 5.69 Å². The predicted octanol–water partition coefficient (Wildman–Crippen LogP) is 4.92. The van der Waals surface area contributed by atoms with Crippen LogP contribution in [0, 0.1) is 17.0 Å². The minimum Gasteiger partial charge on any atom is -0.332 e. The van der Waals surface area contributed by atoms with Crippen LogP contribution in [-0.4, -0.2) is 30.9 Å². The topological polar surface area (TPSA) is 115 Å². The van der Waals surface area contributed by atoms with E-state index in [1.807, 2.05) is 55.5 Å². The van der Waals surface area contributed by atoms with Gasteiger partial charge < -0.3 is 5.32 Å². The van der Waals surface area contributed by atoms with Crippen LogP contribution in [0.1, 0.15) is 15.9 Å². The first-order chi connectivity index (χ1) is 16.9. The number of rotatable bonds is 4. The highest BCUT2D eigenvalue weighted by Gasteiger charge is 2.20. The molecule has 0 unspecified atom stereocenters. The van der Waals surface area contributed by atoms with Gasteiger partial charge in [0.25, 0.3) is 11.6 Å². The molecule has 35 heavy (non-hydrogen) atoms. The number of nitrogens with zero attached hydrogens (tertiary/aromatic N) is 4. The maximum Gasteiger partial charge on any atom is 0.282 e. The van der Waals surface area contributed by atoms with Gasteiger partial charge in [0, 0.05) is 17.1 Å². The number of nitro groups is 1. The number of benzene rings is 4. The summed E-state index contributed by atoms with van der Waals surface area (Å²) in [6.07, 6.45) is 0. The van der Waals surface area contributed by atoms with Gasteiger partial charge in [0.05, 0.1) is 10.6 Å². The van der Waals surface area contributed by atoms with Crippen molar-refractivity contribution in [3.63, 3.8) is 0 Å². The number of hydrogen-bond acceptors (Lipinski definition) is 6. The monoisotopic (exact) mass is 482 g/mol. The Balaban J connectivity index is 1.41. The molecule has 5 rings (SSSR count). The first kappa shape index (κ1) is 22.1. The summed E-state index contributed by atoms with van der Waals surface area (Å²) in [7, 11) is 0. The molecular formula is C25H18N6O3S. The van der Waals surface area contributed by atoms with E-state index >= 15 is 0 Å². The second-order valence-corrected chi connectivity index (χ2v) is 8.23. The van der Waals surface area contributed by atoms with Gasteiger partial charge in [0.15, 0.2) is 5.11 Å². The zero-order valence-electron chi connectivity index (χ0n) is 18.4. The molecule has 0 aliphatic rings. The van der Waals surface area contributed by atoms with Crippen LogP contribution >= 0.6 is 12.2 Å². The summed E-state index contributed by atoms with van der Waals surface area (Å²) in [5.41, 5.74) is 3.30. The zero-order valence-corrected chi connectivity index (χ0v) is 19.2. The number of anilines is 1. The van der Waals surface area contributed by atoms with E-state index in [-0.39, 0.29) is 16.4 Å². The normalized spacial score (nSPS) is 10.9. The number of amides is 1. The first-order valence-corrected chi connectivity index (χ1v) is 11.0. The van der Waals surface area contributed by atoms with Crippen molar-refractivity contribution in [2.24, 2.45) is 0 Å². The van der Waals surface area contributed by atoms with Crippen LogP contribution in [0.3, 0.4) is 0 Å². The number of nitro benzene ring substituents is 1. The third-order valence-corrected chi connectivity index (χ3v) is 5.73. The van der Waals surface area contributed by atoms with Gasteiger partial charge in [0.1, 0.15) is 16.6 Å². The Labute approximate surface area is 204 Å². The van der Waals surface area contributed by atoms with E-state index < -0.39 is 10.8 Å². The van der Waals surface area contributed by atoms with Crippen LogP contribution in [-0.2, 0) is 0 Å². The Hall–Kier alpha value is -4.70. The van der Waals surface area contributed by atoms with Crippen molar-refractivity contribution in [2.45, 2.75) is 6.92 Å². The van der Waals surface area contributed by atoms with Crippen molar-refractivity contribution in [2.75, 3.05) is 5.32 Å². The molecule has 1 aromatic heterocycles. The number of carbonyl (C=O) groups is 1. The number of fused-ring (bicyclic) bond motifs is 2. The van der Waals surface area contributed by atoms with Crippen LogP contribution in [0.25, 0.3) is 27.5 Å². The summed E-state index contributed by atoms with van der Waals surface area (Å²) in [6, 6.07) is 23.3. The largest absolute Gasteiger partial charge is 0.332 e. The lowest BCUT2D eigenvalue weighted by Crippen LogP contribution is -2.34. The molecular weight excluding hydrogens is 464 g/mol. The molecule has 172 valence electrons. The second-order valence-electron chi connectivity index (χ2n) is 7.83. The Bertz CT molecular complexity index is 1640. The van der Waals surface area contributed by atoms with Gasteiger partial charge >= 0.3 is 0 Å². The van der Waals surface area contributed by atoms with Crippen molar-refractivity contribution in [1.82, 2.24) is 20.3 Å². The molecule has 4 aromatic carbocycles. The summed E-state index contributed by atoms with van der Waals surface area (Å²) in [6.45, 7) is 1.88. The van der Waals surface area contributed by atoms with Crippen LogP contribution in [0.5, 0.6) is 0 Å². The van der Waals surface area contributed by atoms with Crippen molar-refractivity contribution in [3.05, 3.63) is 100 Å². The Morgan fingerprint density at radius 1 is 0.971 bits per heavy atom. The van der Waals surface area contributed by atoms with E-state index in [0.717, 1.165) is 22.0 Å². The molecule has 0 saturated heterocycles. The lowest BCUT2D eigenvalue weighted by atomic mass is 10.1. The summed E-state index contributed by atoms with van der Waals surface area (Å²) in [4.78, 5) is 24.8. The molecule has 0 atom stereocenters. The summed E-state index contributed by atoms with van der Waals surface area (Å²) in [5.74, 6) is -0.671. The van der Waals surface area contributed by atoms with Gasteiger partial charge in [-0.1, -0.05) is 48.5 Å². The van der Waals surface area contributed by atoms with Crippen molar-refractivity contribution >= 4 is 56.4 Å². The molecule has 0 fully saturated rings. The minimum atomic E-state index is -0.671. The quantitative estimate of drug-likeness (QED) is 0.212. The molecule has 1 amide bonds. The summed E-state index contributed by atoms with van der Waals surface area (Å²) >= 11 is 5.28. The SMILES string of the molecule is Cc1cc2nn(-c3cccc4ccccc34)nc2cc1NC(=S)NC(=O)c1ccccc1[N+](=O)[O-]. The van der Waals surface area contributed by atoms with E-state index in [1.165, 1.54) is 18.2 Å². The smallest absolute Gasteiger partial charge is 0.282 e. The molecule has 5 aromatic rings. The third kappa shape index (κ3) is 4.30. The second kappa shape index (κ2) is 8.92. The summed E-state index contributed by atoms with van der Waals surface area (Å²) < 4.78 is 0. The number of hydrogen-bond donors (Lipinski definition) is 2. The lowest BCUT2D eigenvalue weighted by molar-refractivity contribution is -0.385. The van der Waals surface area contributed by atoms with Crippen LogP contribution in [0.2, 0.25) is 0 Å². The zero-order chi connectivity index (χ0) is 24.5. The molecule has 10 heteroatoms. The fourth-order valence-electron chi connectivity index (χ4n) is 3.84. The molecule has 0 saturated carbocycles. The number of carbonyl (C=O) groups excluding carboxylic acids is 1. The number of nitrogens with one attached hydrogen (secondary N) is 2. The average molecular weight is 483 g/mol. The highest BCUT2D eigenvalue weighted by atomic mass is 32.1. The molecule has 2 N–H and O–H groups in total. The Morgan fingerprint density at radius 2 is 1.66 bits per heavy atom. The maximum absolute atomic E-state index is 12.6. The van der Waals surface area contributed by atoms with Gasteiger partial charge in [0.2, 0.25) is 0 Å². The first-order valence-electron chi connectivity index (χ1n) is 10.6. The van der Waals surface area contributed by atoms with E-state index in [1.54, 1.807) is 16.9 Å². The van der Waals surface area contributed by atoms with Gasteiger partial charge in [-0.05, 0) is 54.4 Å². The molecule has 0 radical (unpaired) electrons. The van der Waals surface area contributed by atoms with Crippen LogP contribution < -0.4 is 10.6 Å². The van der Waals surface area contributed by atoms with E-state index in [0.29, 0.717) is 16.7 Å². The van der Waals surface area contributed by atoms with Gasteiger partial charge in [-0.2, -0.15) is 0 Å². The number of aromatic nitrogens is 3. The lowest BCUT2D eigenvalue weighted by Gasteiger charge is -2.11. The van der Waals surface area contributed by atoms with Crippen LogP contribution in [0.15, 0.2) is 78.9 Å². The number of para-hydroxylation sites is 1. The third-order valence-electron chi connectivity index (χ3n) is 5.53. The molecule has 1 heterocycles. The van der Waals surface area contributed by atoms with Crippen molar-refractivity contribution < 1.29 is 9.72 Å². The standard InChI is InChI=1S/C25H18N6O3S/c1-15-13-20-21(29-30(28-20)22-12-6-8-16-7-2-3-9-17(16)22)14-19(15)26-25(35)27-24(32)18-10-4-5-11-23(18)31(33)34/h2-14H,1H3,(H2,26,27,32,35). The van der Waals surface area contributed by atoms with Crippen LogP contribution in [0.4, 0.5) is 11.4 Å². The highest BCUT2D eigenvalue weighted by Crippen LogP contribution is 2.25. The number of thiocarbonyl (C=S) groups is 1. The predicted molar refractivity (Wildman–Crippen MR) is 138 cm³/mol. The number of aryl methyl sites for hydroxylation is 1. The average Bonchev–Trinajstić information content (AvgIpc) is 3.26. The van der Waals surface area contributed by atoms with Gasteiger partial charge in [-0.15, -0.1) is 15.0 Å². The van der Waals surface area contributed by atoms with Gasteiger partial charge in [-0.25, -0.2) is 0 Å². The minimum absolute atomic E-state index is 0.0112. The molecule has 9 nitrogen and oxygen atoms in total. The fraction of sp³-hybridized carbons (Fsp3) is 0.0400. The molecule has 0 aliphatic heterocycles. The highest BCUT2D eigenvalue weighted by molar-refractivity contribution is 7.80. The van der Waals surface area contributed by atoms with E-state index in [9.17, 15) is 14.9 Å². The van der Waals surface area contributed by atoms with Gasteiger partial charge in [-0.3, -0.25) is 20.2 Å². The Morgan fingerprint density at radius 3 is 2.46 bits per heavy atom. The molecule has 0 spiro atoms. The Kier molecular flexibility index (Phi) is 5.63. The fourth-order valence-corrected chi connectivity index (χ4v) is 4.04. The summed E-state index contributed by atoms with van der Waals surface area (Å²) in [5, 5.41) is 28.1. The molecule has 0 aliphatic carbocycles. The molecule has 0 bridgehead atoms. The van der Waals surface area contributed by atoms with Crippen molar-refractivity contribution in [1.29, 1.82) is 0 Å².